The molecule has 8 heteroatoms. The van der Waals surface area contributed by atoms with Crippen molar-refractivity contribution in [2.75, 3.05) is 11.1 Å². The minimum absolute atomic E-state index is 0.102. The van der Waals surface area contributed by atoms with Gasteiger partial charge >= 0.3 is 0 Å². The lowest BCUT2D eigenvalue weighted by atomic mass is 10.2. The van der Waals surface area contributed by atoms with Crippen molar-refractivity contribution < 1.29 is 9.53 Å². The van der Waals surface area contributed by atoms with Crippen molar-refractivity contribution in [2.45, 2.75) is 11.8 Å². The van der Waals surface area contributed by atoms with E-state index in [2.05, 4.69) is 10.3 Å². The first kappa shape index (κ1) is 20.2. The predicted molar refractivity (Wildman–Crippen MR) is 121 cm³/mol. The van der Waals surface area contributed by atoms with Crippen LogP contribution < -0.4 is 15.6 Å². The van der Waals surface area contributed by atoms with Crippen LogP contribution in [0.4, 0.5) is 5.69 Å². The summed E-state index contributed by atoms with van der Waals surface area (Å²) in [6.07, 6.45) is 0. The van der Waals surface area contributed by atoms with E-state index in [0.29, 0.717) is 27.7 Å². The average Bonchev–Trinajstić information content (AvgIpc) is 3.24. The van der Waals surface area contributed by atoms with Crippen LogP contribution in [0.5, 0.6) is 5.75 Å². The van der Waals surface area contributed by atoms with Crippen LogP contribution >= 0.6 is 23.1 Å². The van der Waals surface area contributed by atoms with Gasteiger partial charge in [-0.1, -0.05) is 42.1 Å². The summed E-state index contributed by atoms with van der Waals surface area (Å²) in [5.41, 5.74) is 1.68. The molecular formula is C22H19N3O3S2. The van der Waals surface area contributed by atoms with E-state index in [9.17, 15) is 9.59 Å². The molecule has 4 aromatic rings. The van der Waals surface area contributed by atoms with Gasteiger partial charge in [-0.25, -0.2) is 4.98 Å². The number of nitrogens with one attached hydrogen (secondary N) is 1. The Balaban J connectivity index is 1.32. The maximum atomic E-state index is 12.3. The Morgan fingerprint density at radius 2 is 1.90 bits per heavy atom. The van der Waals surface area contributed by atoms with Crippen molar-refractivity contribution in [1.29, 1.82) is 0 Å². The lowest BCUT2D eigenvalue weighted by Crippen LogP contribution is -2.20. The van der Waals surface area contributed by atoms with Gasteiger partial charge < -0.3 is 10.1 Å². The summed E-state index contributed by atoms with van der Waals surface area (Å²) in [4.78, 5) is 29.8. The Hall–Kier alpha value is -3.10. The zero-order valence-electron chi connectivity index (χ0n) is 16.2. The molecule has 152 valence electrons. The van der Waals surface area contributed by atoms with Gasteiger partial charge in [-0.2, -0.15) is 0 Å². The summed E-state index contributed by atoms with van der Waals surface area (Å²) in [6.45, 7) is 0.490. The lowest BCUT2D eigenvalue weighted by molar-refractivity contribution is -0.113. The van der Waals surface area contributed by atoms with Crippen LogP contribution in [0, 0.1) is 0 Å². The van der Waals surface area contributed by atoms with Gasteiger partial charge in [-0.15, -0.1) is 11.3 Å². The van der Waals surface area contributed by atoms with Crippen LogP contribution in [-0.4, -0.2) is 21.2 Å². The predicted octanol–water partition coefficient (Wildman–Crippen LogP) is 4.30. The summed E-state index contributed by atoms with van der Waals surface area (Å²) in [6, 6.07) is 18.9. The summed E-state index contributed by atoms with van der Waals surface area (Å²) in [5.74, 6) is 0.719. The van der Waals surface area contributed by atoms with Gasteiger partial charge in [0.15, 0.2) is 5.16 Å². The van der Waals surface area contributed by atoms with Crippen molar-refractivity contribution >= 4 is 44.9 Å². The standard InChI is InChI=1S/C22H19N3O3S2/c1-25-21(27)18-11-12-29-20(18)24-22(25)30-14-19(26)23-16-7-9-17(10-8-16)28-13-15-5-3-2-4-6-15/h2-12H,13-14H2,1H3,(H,23,26). The van der Waals surface area contributed by atoms with Gasteiger partial charge in [0.2, 0.25) is 5.91 Å². The van der Waals surface area contributed by atoms with E-state index in [-0.39, 0.29) is 17.2 Å². The number of rotatable bonds is 7. The van der Waals surface area contributed by atoms with Crippen molar-refractivity contribution in [3.8, 4) is 5.75 Å². The highest BCUT2D eigenvalue weighted by Crippen LogP contribution is 2.21. The molecule has 0 spiro atoms. The third kappa shape index (κ3) is 4.72. The third-order valence-electron chi connectivity index (χ3n) is 4.38. The first-order valence-electron chi connectivity index (χ1n) is 9.24. The minimum Gasteiger partial charge on any atom is -0.489 e. The molecule has 30 heavy (non-hydrogen) atoms. The number of benzene rings is 2. The van der Waals surface area contributed by atoms with Crippen molar-refractivity contribution in [3.63, 3.8) is 0 Å². The van der Waals surface area contributed by atoms with Crippen LogP contribution in [0.15, 0.2) is 76.0 Å². The molecule has 4 rings (SSSR count). The number of thiophene rings is 1. The molecule has 2 aromatic heterocycles. The largest absolute Gasteiger partial charge is 0.489 e. The third-order valence-corrected chi connectivity index (χ3v) is 6.22. The summed E-state index contributed by atoms with van der Waals surface area (Å²) < 4.78 is 7.23. The monoisotopic (exact) mass is 437 g/mol. The number of nitrogens with zero attached hydrogens (tertiary/aromatic N) is 2. The lowest BCUT2D eigenvalue weighted by Gasteiger charge is -2.09. The second kappa shape index (κ2) is 9.15. The molecule has 0 saturated carbocycles. The Morgan fingerprint density at radius 1 is 1.13 bits per heavy atom. The van der Waals surface area contributed by atoms with Gasteiger partial charge in [-0.05, 0) is 41.3 Å². The summed E-state index contributed by atoms with van der Waals surface area (Å²) in [5, 5.41) is 5.82. The molecule has 6 nitrogen and oxygen atoms in total. The van der Waals surface area contributed by atoms with Crippen LogP contribution in [0.1, 0.15) is 5.56 Å². The second-order valence-electron chi connectivity index (χ2n) is 6.53. The van der Waals surface area contributed by atoms with Crippen LogP contribution in [0.25, 0.3) is 10.2 Å². The molecular weight excluding hydrogens is 418 g/mol. The van der Waals surface area contributed by atoms with Crippen LogP contribution in [-0.2, 0) is 18.4 Å². The van der Waals surface area contributed by atoms with E-state index in [1.165, 1.54) is 27.7 Å². The van der Waals surface area contributed by atoms with Crippen molar-refractivity contribution in [2.24, 2.45) is 7.05 Å². The van der Waals surface area contributed by atoms with Gasteiger partial charge in [0.25, 0.3) is 5.56 Å². The highest BCUT2D eigenvalue weighted by Gasteiger charge is 2.12. The van der Waals surface area contributed by atoms with Gasteiger partial charge in [-0.3, -0.25) is 14.2 Å². The maximum absolute atomic E-state index is 12.3. The molecule has 0 fully saturated rings. The molecule has 0 radical (unpaired) electrons. The van der Waals surface area contributed by atoms with E-state index in [4.69, 9.17) is 4.74 Å². The van der Waals surface area contributed by atoms with E-state index < -0.39 is 0 Å². The fourth-order valence-corrected chi connectivity index (χ4v) is 4.39. The summed E-state index contributed by atoms with van der Waals surface area (Å²) in [7, 11) is 1.67. The molecule has 2 aromatic carbocycles. The van der Waals surface area contributed by atoms with Gasteiger partial charge in [0.1, 0.15) is 17.2 Å². The van der Waals surface area contributed by atoms with Crippen LogP contribution in [0.2, 0.25) is 0 Å². The Kier molecular flexibility index (Phi) is 6.15. The molecule has 1 N–H and O–H groups in total. The van der Waals surface area contributed by atoms with E-state index >= 15 is 0 Å². The number of hydrogen-bond donors (Lipinski definition) is 1. The molecule has 0 unspecified atom stereocenters. The van der Waals surface area contributed by atoms with E-state index in [0.717, 1.165) is 11.3 Å². The van der Waals surface area contributed by atoms with Gasteiger partial charge in [0, 0.05) is 12.7 Å². The molecule has 0 bridgehead atoms. The zero-order chi connectivity index (χ0) is 20.9. The fourth-order valence-electron chi connectivity index (χ4n) is 2.81. The van der Waals surface area contributed by atoms with Crippen LogP contribution in [0.3, 0.4) is 0 Å². The molecule has 0 aliphatic carbocycles. The second-order valence-corrected chi connectivity index (χ2v) is 8.37. The normalized spacial score (nSPS) is 10.8. The van der Waals surface area contributed by atoms with E-state index in [1.807, 2.05) is 47.8 Å². The Bertz CT molecular complexity index is 1220. The maximum Gasteiger partial charge on any atom is 0.262 e. The number of thioether (sulfide) groups is 1. The molecule has 2 heterocycles. The molecule has 0 aliphatic rings. The highest BCUT2D eigenvalue weighted by molar-refractivity contribution is 7.99. The number of ether oxygens (including phenoxy) is 1. The number of carbonyl (C=O) groups excluding carboxylic acids is 1. The number of aromatic nitrogens is 2. The highest BCUT2D eigenvalue weighted by atomic mass is 32.2. The first-order valence-corrected chi connectivity index (χ1v) is 11.1. The van der Waals surface area contributed by atoms with E-state index in [1.54, 1.807) is 25.2 Å². The number of amides is 1. The Morgan fingerprint density at radius 3 is 2.67 bits per heavy atom. The quantitative estimate of drug-likeness (QED) is 0.345. The fraction of sp³-hybridized carbons (Fsp3) is 0.136. The zero-order valence-corrected chi connectivity index (χ0v) is 17.8. The smallest absolute Gasteiger partial charge is 0.262 e. The SMILES string of the molecule is Cn1c(SCC(=O)Nc2ccc(OCc3ccccc3)cc2)nc2sccc2c1=O. The van der Waals surface area contributed by atoms with Gasteiger partial charge in [0.05, 0.1) is 11.1 Å². The molecule has 0 aliphatic heterocycles. The average molecular weight is 438 g/mol. The number of fused-ring (bicyclic) bond motifs is 1. The van der Waals surface area contributed by atoms with Crippen molar-refractivity contribution in [3.05, 3.63) is 82.0 Å². The molecule has 0 atom stereocenters. The van der Waals surface area contributed by atoms with Crippen molar-refractivity contribution in [1.82, 2.24) is 9.55 Å². The first-order chi connectivity index (χ1) is 14.6. The Labute approximate surface area is 181 Å². The molecule has 0 saturated heterocycles. The number of hydrogen-bond acceptors (Lipinski definition) is 6. The minimum atomic E-state index is -0.168. The molecule has 1 amide bonds. The number of anilines is 1. The topological polar surface area (TPSA) is 73.2 Å². The summed E-state index contributed by atoms with van der Waals surface area (Å²) >= 11 is 2.65. The number of carbonyl (C=O) groups is 1.